The third-order valence-electron chi connectivity index (χ3n) is 3.31. The van der Waals surface area contributed by atoms with Gasteiger partial charge in [-0.2, -0.15) is 0 Å². The first kappa shape index (κ1) is 17.3. The Morgan fingerprint density at radius 2 is 1.96 bits per heavy atom. The number of hydrogen-bond acceptors (Lipinski definition) is 4. The van der Waals surface area contributed by atoms with E-state index >= 15 is 0 Å². The first-order valence-corrected chi connectivity index (χ1v) is 8.24. The zero-order chi connectivity index (χ0) is 18.0. The van der Waals surface area contributed by atoms with Crippen LogP contribution in [0.4, 0.5) is 14.5 Å². The fraction of sp³-hybridized carbons (Fsp3) is 0.0588. The lowest BCUT2D eigenvalue weighted by Crippen LogP contribution is -2.12. The molecule has 2 heterocycles. The number of halogens is 3. The van der Waals surface area contributed by atoms with E-state index in [9.17, 15) is 13.6 Å². The second-order valence-corrected chi connectivity index (χ2v) is 6.45. The van der Waals surface area contributed by atoms with Crippen molar-refractivity contribution in [2.75, 3.05) is 12.4 Å². The zero-order valence-electron chi connectivity index (χ0n) is 12.8. The number of para-hydroxylation sites is 1. The van der Waals surface area contributed by atoms with Crippen LogP contribution in [0.3, 0.4) is 0 Å². The highest BCUT2D eigenvalue weighted by molar-refractivity contribution is 7.17. The SMILES string of the molecule is COc1ncc(Cl)cc1-c1ccc(C(=O)Nc2c(F)cccc2F)s1. The molecule has 0 spiro atoms. The second-order valence-electron chi connectivity index (χ2n) is 4.93. The van der Waals surface area contributed by atoms with E-state index in [0.29, 0.717) is 21.3 Å². The summed E-state index contributed by atoms with van der Waals surface area (Å²) >= 11 is 7.09. The van der Waals surface area contributed by atoms with Gasteiger partial charge in [0.25, 0.3) is 5.91 Å². The van der Waals surface area contributed by atoms with Gasteiger partial charge in [0.15, 0.2) is 0 Å². The number of ether oxygens (including phenoxy) is 1. The number of benzene rings is 1. The Labute approximate surface area is 151 Å². The Kier molecular flexibility index (Phi) is 4.96. The largest absolute Gasteiger partial charge is 0.481 e. The molecule has 0 aliphatic carbocycles. The van der Waals surface area contributed by atoms with Crippen LogP contribution >= 0.6 is 22.9 Å². The summed E-state index contributed by atoms with van der Waals surface area (Å²) in [6.45, 7) is 0. The first-order valence-electron chi connectivity index (χ1n) is 7.04. The summed E-state index contributed by atoms with van der Waals surface area (Å²) < 4.78 is 32.5. The molecule has 0 saturated carbocycles. The summed E-state index contributed by atoms with van der Waals surface area (Å²) in [5.74, 6) is -1.94. The fourth-order valence-electron chi connectivity index (χ4n) is 2.16. The lowest BCUT2D eigenvalue weighted by Gasteiger charge is -2.06. The van der Waals surface area contributed by atoms with Crippen molar-refractivity contribution in [2.24, 2.45) is 0 Å². The van der Waals surface area contributed by atoms with Gasteiger partial charge in [0, 0.05) is 11.1 Å². The van der Waals surface area contributed by atoms with E-state index in [1.54, 1.807) is 18.2 Å². The van der Waals surface area contributed by atoms with Gasteiger partial charge in [-0.1, -0.05) is 17.7 Å². The number of hydrogen-bond donors (Lipinski definition) is 1. The number of anilines is 1. The van der Waals surface area contributed by atoms with Gasteiger partial charge < -0.3 is 10.1 Å². The number of nitrogens with one attached hydrogen (secondary N) is 1. The quantitative estimate of drug-likeness (QED) is 0.692. The fourth-order valence-corrected chi connectivity index (χ4v) is 3.23. The minimum absolute atomic E-state index is 0.277. The number of carbonyl (C=O) groups is 1. The highest BCUT2D eigenvalue weighted by Gasteiger charge is 2.17. The molecule has 3 rings (SSSR count). The lowest BCUT2D eigenvalue weighted by atomic mass is 10.2. The van der Waals surface area contributed by atoms with Gasteiger partial charge in [-0.15, -0.1) is 11.3 Å². The van der Waals surface area contributed by atoms with Crippen molar-refractivity contribution in [1.82, 2.24) is 4.98 Å². The van der Waals surface area contributed by atoms with E-state index in [2.05, 4.69) is 10.3 Å². The average molecular weight is 381 g/mol. The molecule has 0 aliphatic rings. The third-order valence-corrected chi connectivity index (χ3v) is 4.63. The van der Waals surface area contributed by atoms with Crippen molar-refractivity contribution in [3.05, 3.63) is 64.1 Å². The van der Waals surface area contributed by atoms with Crippen molar-refractivity contribution in [3.8, 4) is 16.3 Å². The lowest BCUT2D eigenvalue weighted by molar-refractivity contribution is 0.102. The van der Waals surface area contributed by atoms with Crippen LogP contribution in [-0.4, -0.2) is 18.0 Å². The van der Waals surface area contributed by atoms with E-state index in [1.807, 2.05) is 0 Å². The Morgan fingerprint density at radius 3 is 2.64 bits per heavy atom. The maximum atomic E-state index is 13.6. The smallest absolute Gasteiger partial charge is 0.265 e. The molecule has 0 aliphatic heterocycles. The number of rotatable bonds is 4. The summed E-state index contributed by atoms with van der Waals surface area (Å²) in [5.41, 5.74) is 0.139. The van der Waals surface area contributed by atoms with Gasteiger partial charge in [0.1, 0.15) is 17.3 Å². The van der Waals surface area contributed by atoms with Crippen LogP contribution in [0.1, 0.15) is 9.67 Å². The molecule has 1 aromatic carbocycles. The molecule has 0 unspecified atom stereocenters. The van der Waals surface area contributed by atoms with Crippen LogP contribution in [0.25, 0.3) is 10.4 Å². The van der Waals surface area contributed by atoms with E-state index in [-0.39, 0.29) is 4.88 Å². The van der Waals surface area contributed by atoms with Crippen molar-refractivity contribution in [2.45, 2.75) is 0 Å². The summed E-state index contributed by atoms with van der Waals surface area (Å²) in [7, 11) is 1.47. The molecule has 4 nitrogen and oxygen atoms in total. The topological polar surface area (TPSA) is 51.2 Å². The number of thiophene rings is 1. The van der Waals surface area contributed by atoms with Gasteiger partial charge >= 0.3 is 0 Å². The molecule has 1 N–H and O–H groups in total. The van der Waals surface area contributed by atoms with Gasteiger partial charge in [-0.3, -0.25) is 4.79 Å². The van der Waals surface area contributed by atoms with Gasteiger partial charge in [-0.25, -0.2) is 13.8 Å². The summed E-state index contributed by atoms with van der Waals surface area (Å²) in [4.78, 5) is 17.3. The van der Waals surface area contributed by atoms with E-state index in [1.165, 1.54) is 19.4 Å². The van der Waals surface area contributed by atoms with Gasteiger partial charge in [0.2, 0.25) is 5.88 Å². The number of aromatic nitrogens is 1. The third kappa shape index (κ3) is 3.62. The second kappa shape index (κ2) is 7.16. The molecule has 1 amide bonds. The molecular formula is C17H11ClF2N2O2S. The highest BCUT2D eigenvalue weighted by Crippen LogP contribution is 2.35. The maximum absolute atomic E-state index is 13.6. The maximum Gasteiger partial charge on any atom is 0.265 e. The van der Waals surface area contributed by atoms with Crippen LogP contribution in [0.5, 0.6) is 5.88 Å². The van der Waals surface area contributed by atoms with Gasteiger partial charge in [0.05, 0.1) is 22.6 Å². The first-order chi connectivity index (χ1) is 12.0. The molecular weight excluding hydrogens is 370 g/mol. The molecule has 8 heteroatoms. The van der Waals surface area contributed by atoms with Crippen molar-refractivity contribution >= 4 is 34.5 Å². The van der Waals surface area contributed by atoms with E-state index in [4.69, 9.17) is 16.3 Å². The van der Waals surface area contributed by atoms with Crippen LogP contribution in [0.15, 0.2) is 42.6 Å². The molecule has 25 heavy (non-hydrogen) atoms. The number of methoxy groups -OCH3 is 1. The van der Waals surface area contributed by atoms with Gasteiger partial charge in [-0.05, 0) is 30.3 Å². The van der Waals surface area contributed by atoms with Crippen molar-refractivity contribution in [1.29, 1.82) is 0 Å². The van der Waals surface area contributed by atoms with Crippen LogP contribution in [0.2, 0.25) is 5.02 Å². The van der Waals surface area contributed by atoms with Crippen LogP contribution < -0.4 is 10.1 Å². The van der Waals surface area contributed by atoms with Crippen LogP contribution in [-0.2, 0) is 0 Å². The zero-order valence-corrected chi connectivity index (χ0v) is 14.4. The van der Waals surface area contributed by atoms with Crippen molar-refractivity contribution in [3.63, 3.8) is 0 Å². The van der Waals surface area contributed by atoms with E-state index in [0.717, 1.165) is 23.5 Å². The molecule has 0 fully saturated rings. The molecule has 0 radical (unpaired) electrons. The van der Waals surface area contributed by atoms with Crippen molar-refractivity contribution < 1.29 is 18.3 Å². The Hall–Kier alpha value is -2.51. The summed E-state index contributed by atoms with van der Waals surface area (Å²) in [5, 5.41) is 2.67. The highest BCUT2D eigenvalue weighted by atomic mass is 35.5. The number of nitrogens with zero attached hydrogens (tertiary/aromatic N) is 1. The monoisotopic (exact) mass is 380 g/mol. The molecule has 128 valence electrons. The Bertz CT molecular complexity index is 926. The molecule has 2 aromatic heterocycles. The molecule has 3 aromatic rings. The Morgan fingerprint density at radius 1 is 1.24 bits per heavy atom. The molecule has 0 bridgehead atoms. The van der Waals surface area contributed by atoms with E-state index < -0.39 is 23.2 Å². The summed E-state index contributed by atoms with van der Waals surface area (Å²) in [6.07, 6.45) is 1.45. The molecule has 0 atom stereocenters. The minimum Gasteiger partial charge on any atom is -0.481 e. The Balaban J connectivity index is 1.89. The number of amides is 1. The standard InChI is InChI=1S/C17H11ClF2N2O2S/c1-24-17-10(7-9(18)8-21-17)13-5-6-14(25-13)16(23)22-15-11(19)3-2-4-12(15)20/h2-8H,1H3,(H,22,23). The van der Waals surface area contributed by atoms with Crippen LogP contribution in [0, 0.1) is 11.6 Å². The average Bonchev–Trinajstić information content (AvgIpc) is 3.08. The minimum atomic E-state index is -0.842. The molecule has 0 saturated heterocycles. The summed E-state index contributed by atoms with van der Waals surface area (Å²) in [6, 6.07) is 8.27. The number of carbonyl (C=O) groups excluding carboxylic acids is 1. The number of pyridine rings is 1. The predicted octanol–water partition coefficient (Wildman–Crippen LogP) is 5.00. The predicted molar refractivity (Wildman–Crippen MR) is 93.4 cm³/mol. The normalized spacial score (nSPS) is 10.6.